The average Bonchev–Trinajstić information content (AvgIpc) is 2.03. The van der Waals surface area contributed by atoms with E-state index in [9.17, 15) is 4.79 Å². The van der Waals surface area contributed by atoms with Crippen molar-refractivity contribution in [2.45, 2.75) is 19.9 Å². The molecule has 0 saturated heterocycles. The molecule has 0 atom stereocenters. The molecule has 13 heavy (non-hydrogen) atoms. The third-order valence-corrected chi connectivity index (χ3v) is 1.54. The number of methoxy groups -OCH3 is 1. The van der Waals surface area contributed by atoms with Gasteiger partial charge in [-0.2, -0.15) is 0 Å². The maximum Gasteiger partial charge on any atom is 0.416 e. The largest absolute Gasteiger partial charge is 0.452 e. The lowest BCUT2D eigenvalue weighted by Gasteiger charge is -2.28. The van der Waals surface area contributed by atoms with Crippen LogP contribution in [-0.2, 0) is 4.74 Å². The summed E-state index contributed by atoms with van der Waals surface area (Å²) in [7, 11) is 4.72. The van der Waals surface area contributed by atoms with Gasteiger partial charge in [0.25, 0.3) is 0 Å². The molecule has 5 heteroatoms. The minimum Gasteiger partial charge on any atom is -0.452 e. The molecule has 1 N–H and O–H groups in total. The van der Waals surface area contributed by atoms with Crippen molar-refractivity contribution in [1.29, 1.82) is 5.41 Å². The Morgan fingerprint density at radius 1 is 1.38 bits per heavy atom. The number of nitrogens with one attached hydrogen (secondary N) is 1. The van der Waals surface area contributed by atoms with Gasteiger partial charge in [0, 0.05) is 20.1 Å². The first-order valence-electron chi connectivity index (χ1n) is 4.04. The molecular weight excluding hydrogens is 170 g/mol. The Labute approximate surface area is 78.8 Å². The third-order valence-electron chi connectivity index (χ3n) is 1.54. The molecule has 76 valence electrons. The molecule has 0 spiro atoms. The van der Waals surface area contributed by atoms with E-state index < -0.39 is 6.09 Å². The SMILES string of the molecule is COC(=O)N(C(=N)N(C)C)C(C)C. The summed E-state index contributed by atoms with van der Waals surface area (Å²) in [5, 5.41) is 7.62. The van der Waals surface area contributed by atoms with Gasteiger partial charge in [-0.1, -0.05) is 0 Å². The molecule has 5 nitrogen and oxygen atoms in total. The van der Waals surface area contributed by atoms with Crippen LogP contribution in [-0.4, -0.2) is 49.1 Å². The Hall–Kier alpha value is -1.26. The highest BCUT2D eigenvalue weighted by molar-refractivity contribution is 5.92. The lowest BCUT2D eigenvalue weighted by molar-refractivity contribution is 0.134. The van der Waals surface area contributed by atoms with Gasteiger partial charge in [-0.05, 0) is 13.8 Å². The quantitative estimate of drug-likeness (QED) is 0.491. The number of guanidine groups is 1. The third kappa shape index (κ3) is 2.93. The van der Waals surface area contributed by atoms with E-state index in [0.717, 1.165) is 0 Å². The molecular formula is C8H17N3O2. The summed E-state index contributed by atoms with van der Waals surface area (Å²) >= 11 is 0. The highest BCUT2D eigenvalue weighted by Crippen LogP contribution is 2.03. The second kappa shape index (κ2) is 4.69. The van der Waals surface area contributed by atoms with Crippen LogP contribution in [0.3, 0.4) is 0 Å². The minimum atomic E-state index is -0.506. The Balaban J connectivity index is 4.61. The van der Waals surface area contributed by atoms with Gasteiger partial charge in [-0.15, -0.1) is 0 Å². The van der Waals surface area contributed by atoms with Crippen molar-refractivity contribution < 1.29 is 9.53 Å². The van der Waals surface area contributed by atoms with Crippen LogP contribution in [0.25, 0.3) is 0 Å². The van der Waals surface area contributed by atoms with Crippen LogP contribution >= 0.6 is 0 Å². The fraction of sp³-hybridized carbons (Fsp3) is 0.750. The Morgan fingerprint density at radius 3 is 2.08 bits per heavy atom. The van der Waals surface area contributed by atoms with Gasteiger partial charge < -0.3 is 9.64 Å². The van der Waals surface area contributed by atoms with Crippen molar-refractivity contribution in [2.75, 3.05) is 21.2 Å². The molecule has 1 amide bonds. The molecule has 0 aliphatic rings. The standard InChI is InChI=1S/C8H17N3O2/c1-6(2)11(8(12)13-5)7(9)10(3)4/h6,9H,1-5H3. The molecule has 0 aromatic carbocycles. The first kappa shape index (κ1) is 11.7. The fourth-order valence-electron chi connectivity index (χ4n) is 0.856. The first-order valence-corrected chi connectivity index (χ1v) is 4.04. The second-order valence-corrected chi connectivity index (χ2v) is 3.15. The van der Waals surface area contributed by atoms with Crippen LogP contribution in [0.4, 0.5) is 4.79 Å². The summed E-state index contributed by atoms with van der Waals surface area (Å²) in [6, 6.07) is -0.0812. The maximum atomic E-state index is 11.2. The van der Waals surface area contributed by atoms with Crippen molar-refractivity contribution in [3.8, 4) is 0 Å². The second-order valence-electron chi connectivity index (χ2n) is 3.15. The molecule has 0 bridgehead atoms. The molecule has 0 heterocycles. The summed E-state index contributed by atoms with van der Waals surface area (Å²) in [4.78, 5) is 14.1. The molecule has 0 aliphatic heterocycles. The van der Waals surface area contributed by atoms with Crippen LogP contribution in [0.1, 0.15) is 13.8 Å². The zero-order valence-electron chi connectivity index (χ0n) is 8.79. The van der Waals surface area contributed by atoms with Crippen LogP contribution in [0.2, 0.25) is 0 Å². The number of carbonyl (C=O) groups is 1. The zero-order chi connectivity index (χ0) is 10.6. The minimum absolute atomic E-state index is 0.0812. The summed E-state index contributed by atoms with van der Waals surface area (Å²) in [6.07, 6.45) is -0.506. The summed E-state index contributed by atoms with van der Waals surface area (Å²) in [5.41, 5.74) is 0. The number of carbonyl (C=O) groups excluding carboxylic acids is 1. The van der Waals surface area contributed by atoms with E-state index >= 15 is 0 Å². The normalized spacial score (nSPS) is 9.69. The molecule has 0 aromatic rings. The van der Waals surface area contributed by atoms with Crippen molar-refractivity contribution in [3.05, 3.63) is 0 Å². The monoisotopic (exact) mass is 187 g/mol. The van der Waals surface area contributed by atoms with Gasteiger partial charge in [0.05, 0.1) is 7.11 Å². The molecule has 0 unspecified atom stereocenters. The topological polar surface area (TPSA) is 56.6 Å². The predicted octanol–water partition coefficient (Wildman–Crippen LogP) is 0.960. The van der Waals surface area contributed by atoms with Gasteiger partial charge in [-0.3, -0.25) is 5.41 Å². The van der Waals surface area contributed by atoms with Gasteiger partial charge in [0.1, 0.15) is 0 Å². The maximum absolute atomic E-state index is 11.2. The number of rotatable bonds is 1. The first-order chi connectivity index (χ1) is 5.91. The zero-order valence-corrected chi connectivity index (χ0v) is 8.79. The van der Waals surface area contributed by atoms with E-state index in [1.165, 1.54) is 12.0 Å². The highest BCUT2D eigenvalue weighted by atomic mass is 16.5. The van der Waals surface area contributed by atoms with Crippen molar-refractivity contribution in [1.82, 2.24) is 9.80 Å². The lowest BCUT2D eigenvalue weighted by Crippen LogP contribution is -2.47. The Morgan fingerprint density at radius 2 is 1.85 bits per heavy atom. The van der Waals surface area contributed by atoms with Gasteiger partial charge in [-0.25, -0.2) is 9.69 Å². The van der Waals surface area contributed by atoms with E-state index in [-0.39, 0.29) is 12.0 Å². The van der Waals surface area contributed by atoms with E-state index in [4.69, 9.17) is 5.41 Å². The average molecular weight is 187 g/mol. The smallest absolute Gasteiger partial charge is 0.416 e. The molecule has 0 aromatic heterocycles. The van der Waals surface area contributed by atoms with Crippen LogP contribution < -0.4 is 0 Å². The van der Waals surface area contributed by atoms with Crippen LogP contribution in [0, 0.1) is 5.41 Å². The lowest BCUT2D eigenvalue weighted by atomic mass is 10.3. The predicted molar refractivity (Wildman–Crippen MR) is 50.8 cm³/mol. The number of amides is 1. The fourth-order valence-corrected chi connectivity index (χ4v) is 0.856. The van der Waals surface area contributed by atoms with Gasteiger partial charge in [0.15, 0.2) is 0 Å². The van der Waals surface area contributed by atoms with Crippen LogP contribution in [0.5, 0.6) is 0 Å². The molecule has 0 rings (SSSR count). The van der Waals surface area contributed by atoms with E-state index in [2.05, 4.69) is 4.74 Å². The van der Waals surface area contributed by atoms with Gasteiger partial charge in [0.2, 0.25) is 5.96 Å². The van der Waals surface area contributed by atoms with E-state index in [1.54, 1.807) is 19.0 Å². The Kier molecular flexibility index (Phi) is 4.23. The van der Waals surface area contributed by atoms with Crippen molar-refractivity contribution in [3.63, 3.8) is 0 Å². The molecule has 0 saturated carbocycles. The van der Waals surface area contributed by atoms with E-state index in [1.807, 2.05) is 13.8 Å². The van der Waals surface area contributed by atoms with Crippen molar-refractivity contribution in [2.24, 2.45) is 0 Å². The number of nitrogens with zero attached hydrogens (tertiary/aromatic N) is 2. The summed E-state index contributed by atoms with van der Waals surface area (Å²) in [6.45, 7) is 3.66. The van der Waals surface area contributed by atoms with Crippen LogP contribution in [0.15, 0.2) is 0 Å². The highest BCUT2D eigenvalue weighted by Gasteiger charge is 2.23. The number of hydrogen-bond donors (Lipinski definition) is 1. The van der Waals surface area contributed by atoms with Crippen molar-refractivity contribution >= 4 is 12.1 Å². The molecule has 0 aliphatic carbocycles. The number of hydrogen-bond acceptors (Lipinski definition) is 3. The summed E-state index contributed by atoms with van der Waals surface area (Å²) < 4.78 is 4.56. The number of ether oxygens (including phenoxy) is 1. The van der Waals surface area contributed by atoms with Gasteiger partial charge >= 0.3 is 6.09 Å². The summed E-state index contributed by atoms with van der Waals surface area (Å²) in [5.74, 6) is 0.127. The molecule has 0 fully saturated rings. The Bertz CT molecular complexity index is 202. The molecule has 0 radical (unpaired) electrons. The van der Waals surface area contributed by atoms with E-state index in [0.29, 0.717) is 0 Å².